The van der Waals surface area contributed by atoms with E-state index in [1.807, 2.05) is 13.0 Å². The standard InChI is InChI=1S/C20H18Cl2FN3O2/c1-2-10-26(19(27)11-14-16(22)8-5-9-17(14)23)12-18-24-25-20(28-18)13-6-3-4-7-15(13)21/h3-9H,2,10-12H2,1H3. The van der Waals surface area contributed by atoms with Gasteiger partial charge in [-0.2, -0.15) is 0 Å². The monoisotopic (exact) mass is 421 g/mol. The van der Waals surface area contributed by atoms with Gasteiger partial charge in [-0.05, 0) is 30.7 Å². The molecule has 5 nitrogen and oxygen atoms in total. The summed E-state index contributed by atoms with van der Waals surface area (Å²) in [5.74, 6) is -0.222. The van der Waals surface area contributed by atoms with Crippen LogP contribution < -0.4 is 0 Å². The van der Waals surface area contributed by atoms with Gasteiger partial charge in [-0.15, -0.1) is 10.2 Å². The molecule has 28 heavy (non-hydrogen) atoms. The van der Waals surface area contributed by atoms with Crippen molar-refractivity contribution in [1.29, 1.82) is 0 Å². The molecule has 2 aromatic carbocycles. The highest BCUT2D eigenvalue weighted by atomic mass is 35.5. The van der Waals surface area contributed by atoms with Gasteiger partial charge < -0.3 is 9.32 Å². The topological polar surface area (TPSA) is 59.2 Å². The molecular formula is C20H18Cl2FN3O2. The number of carbonyl (C=O) groups is 1. The second kappa shape index (κ2) is 9.17. The summed E-state index contributed by atoms with van der Waals surface area (Å²) < 4.78 is 19.7. The van der Waals surface area contributed by atoms with E-state index in [4.69, 9.17) is 27.6 Å². The summed E-state index contributed by atoms with van der Waals surface area (Å²) in [6.45, 7) is 2.53. The van der Waals surface area contributed by atoms with Crippen molar-refractivity contribution in [1.82, 2.24) is 15.1 Å². The zero-order valence-corrected chi connectivity index (χ0v) is 16.7. The van der Waals surface area contributed by atoms with E-state index in [1.54, 1.807) is 29.2 Å². The molecule has 3 aromatic rings. The number of benzene rings is 2. The van der Waals surface area contributed by atoms with E-state index in [1.165, 1.54) is 12.1 Å². The average molecular weight is 422 g/mol. The van der Waals surface area contributed by atoms with Crippen molar-refractivity contribution < 1.29 is 13.6 Å². The number of carbonyl (C=O) groups excluding carboxylic acids is 1. The van der Waals surface area contributed by atoms with Crippen LogP contribution in [-0.2, 0) is 17.8 Å². The third-order valence-electron chi connectivity index (χ3n) is 4.13. The van der Waals surface area contributed by atoms with Gasteiger partial charge >= 0.3 is 0 Å². The van der Waals surface area contributed by atoms with Crippen LogP contribution in [0.2, 0.25) is 10.0 Å². The van der Waals surface area contributed by atoms with Gasteiger partial charge in [-0.1, -0.05) is 48.3 Å². The van der Waals surface area contributed by atoms with E-state index < -0.39 is 5.82 Å². The van der Waals surface area contributed by atoms with Crippen LogP contribution >= 0.6 is 23.2 Å². The number of hydrogen-bond acceptors (Lipinski definition) is 4. The Hall–Kier alpha value is -2.44. The number of amides is 1. The number of rotatable bonds is 7. The number of hydrogen-bond donors (Lipinski definition) is 0. The van der Waals surface area contributed by atoms with Gasteiger partial charge in [0.25, 0.3) is 0 Å². The van der Waals surface area contributed by atoms with E-state index in [0.717, 1.165) is 6.42 Å². The van der Waals surface area contributed by atoms with Crippen molar-refractivity contribution in [2.45, 2.75) is 26.3 Å². The molecule has 0 atom stereocenters. The molecule has 0 radical (unpaired) electrons. The van der Waals surface area contributed by atoms with Crippen LogP contribution in [0.15, 0.2) is 46.9 Å². The lowest BCUT2D eigenvalue weighted by Gasteiger charge is -2.20. The minimum absolute atomic E-state index is 0.121. The quantitative estimate of drug-likeness (QED) is 0.528. The SMILES string of the molecule is CCCN(Cc1nnc(-c2ccccc2Cl)o1)C(=O)Cc1c(F)cccc1Cl. The fourth-order valence-corrected chi connectivity index (χ4v) is 3.20. The fourth-order valence-electron chi connectivity index (χ4n) is 2.75. The van der Waals surface area contributed by atoms with Crippen LogP contribution in [0.3, 0.4) is 0 Å². The molecule has 3 rings (SSSR count). The lowest BCUT2D eigenvalue weighted by molar-refractivity contribution is -0.131. The van der Waals surface area contributed by atoms with Crippen LogP contribution in [-0.4, -0.2) is 27.5 Å². The summed E-state index contributed by atoms with van der Waals surface area (Å²) in [4.78, 5) is 14.3. The summed E-state index contributed by atoms with van der Waals surface area (Å²) >= 11 is 12.2. The van der Waals surface area contributed by atoms with Crippen LogP contribution in [0.25, 0.3) is 11.5 Å². The van der Waals surface area contributed by atoms with Crippen molar-refractivity contribution in [3.8, 4) is 11.5 Å². The Morgan fingerprint density at radius 3 is 2.57 bits per heavy atom. The highest BCUT2D eigenvalue weighted by Crippen LogP contribution is 2.26. The third-order valence-corrected chi connectivity index (χ3v) is 4.82. The molecule has 0 aliphatic heterocycles. The van der Waals surface area contributed by atoms with E-state index in [9.17, 15) is 9.18 Å². The molecule has 0 unspecified atom stereocenters. The second-order valence-corrected chi connectivity index (χ2v) is 6.99. The second-order valence-electron chi connectivity index (χ2n) is 6.17. The third kappa shape index (κ3) is 4.69. The Morgan fingerprint density at radius 2 is 1.86 bits per heavy atom. The highest BCUT2D eigenvalue weighted by Gasteiger charge is 2.20. The molecule has 1 heterocycles. The Labute approximate surface area is 172 Å². The zero-order chi connectivity index (χ0) is 20.1. The van der Waals surface area contributed by atoms with Crippen LogP contribution in [0.1, 0.15) is 24.8 Å². The maximum atomic E-state index is 14.0. The molecular weight excluding hydrogens is 404 g/mol. The summed E-state index contributed by atoms with van der Waals surface area (Å²) in [6, 6.07) is 11.5. The molecule has 1 amide bonds. The van der Waals surface area contributed by atoms with E-state index >= 15 is 0 Å². The zero-order valence-electron chi connectivity index (χ0n) is 15.2. The molecule has 8 heteroatoms. The molecule has 0 aliphatic carbocycles. The predicted molar refractivity (Wildman–Crippen MR) is 106 cm³/mol. The van der Waals surface area contributed by atoms with Crippen molar-refractivity contribution in [3.05, 3.63) is 69.8 Å². The number of aromatic nitrogens is 2. The van der Waals surface area contributed by atoms with Gasteiger partial charge in [0.1, 0.15) is 5.82 Å². The van der Waals surface area contributed by atoms with Gasteiger partial charge in [-0.3, -0.25) is 4.79 Å². The molecule has 0 N–H and O–H groups in total. The van der Waals surface area contributed by atoms with Crippen LogP contribution in [0.5, 0.6) is 0 Å². The number of halogens is 3. The first-order chi connectivity index (χ1) is 13.5. The Morgan fingerprint density at radius 1 is 1.11 bits per heavy atom. The largest absolute Gasteiger partial charge is 0.419 e. The van der Waals surface area contributed by atoms with Crippen molar-refractivity contribution >= 4 is 29.1 Å². The summed E-state index contributed by atoms with van der Waals surface area (Å²) in [5, 5.41) is 8.74. The minimum atomic E-state index is -0.504. The van der Waals surface area contributed by atoms with Gasteiger partial charge in [-0.25, -0.2) is 4.39 Å². The normalized spacial score (nSPS) is 10.9. The van der Waals surface area contributed by atoms with Crippen molar-refractivity contribution in [2.75, 3.05) is 6.54 Å². The van der Waals surface area contributed by atoms with E-state index in [-0.39, 0.29) is 41.2 Å². The fraction of sp³-hybridized carbons (Fsp3) is 0.250. The number of nitrogens with zero attached hydrogens (tertiary/aromatic N) is 3. The maximum absolute atomic E-state index is 14.0. The van der Waals surface area contributed by atoms with Crippen LogP contribution in [0, 0.1) is 5.82 Å². The summed E-state index contributed by atoms with van der Waals surface area (Å²) in [6.07, 6.45) is 0.583. The molecule has 0 spiro atoms. The van der Waals surface area contributed by atoms with Gasteiger partial charge in [0, 0.05) is 17.1 Å². The molecule has 0 saturated heterocycles. The van der Waals surface area contributed by atoms with Crippen molar-refractivity contribution in [3.63, 3.8) is 0 Å². The molecule has 1 aromatic heterocycles. The lowest BCUT2D eigenvalue weighted by Crippen LogP contribution is -2.33. The smallest absolute Gasteiger partial charge is 0.249 e. The average Bonchev–Trinajstić information content (AvgIpc) is 3.13. The van der Waals surface area contributed by atoms with Crippen LogP contribution in [0.4, 0.5) is 4.39 Å². The predicted octanol–water partition coefficient (Wildman–Crippen LogP) is 5.16. The molecule has 0 aliphatic rings. The Balaban J connectivity index is 1.76. The molecule has 146 valence electrons. The first kappa shape index (κ1) is 20.3. The maximum Gasteiger partial charge on any atom is 0.249 e. The Bertz CT molecular complexity index is 957. The first-order valence-electron chi connectivity index (χ1n) is 8.77. The van der Waals surface area contributed by atoms with Gasteiger partial charge in [0.05, 0.1) is 23.6 Å². The van der Waals surface area contributed by atoms with Gasteiger partial charge in [0.15, 0.2) is 0 Å². The summed E-state index contributed by atoms with van der Waals surface area (Å²) in [7, 11) is 0. The Kier molecular flexibility index (Phi) is 6.65. The summed E-state index contributed by atoms with van der Waals surface area (Å²) in [5.41, 5.74) is 0.798. The van der Waals surface area contributed by atoms with E-state index in [2.05, 4.69) is 10.2 Å². The van der Waals surface area contributed by atoms with Crippen molar-refractivity contribution in [2.24, 2.45) is 0 Å². The van der Waals surface area contributed by atoms with Gasteiger partial charge in [0.2, 0.25) is 17.7 Å². The van der Waals surface area contributed by atoms with E-state index in [0.29, 0.717) is 17.1 Å². The molecule has 0 saturated carbocycles. The highest BCUT2D eigenvalue weighted by molar-refractivity contribution is 6.33. The minimum Gasteiger partial charge on any atom is -0.419 e. The molecule has 0 fully saturated rings. The molecule has 0 bridgehead atoms. The lowest BCUT2D eigenvalue weighted by atomic mass is 10.1. The first-order valence-corrected chi connectivity index (χ1v) is 9.53.